The molecule has 1 aromatic rings. The number of hydrogen-bond donors (Lipinski definition) is 1. The molecule has 1 heterocycles. The van der Waals surface area contributed by atoms with Gasteiger partial charge in [-0.05, 0) is 6.07 Å². The summed E-state index contributed by atoms with van der Waals surface area (Å²) in [6, 6.07) is 1.54. The first-order valence-electron chi connectivity index (χ1n) is 3.14. The number of rotatable bonds is 2. The molecule has 0 aliphatic heterocycles. The summed E-state index contributed by atoms with van der Waals surface area (Å²) in [5.41, 5.74) is 0. The van der Waals surface area contributed by atoms with Crippen molar-refractivity contribution in [3.8, 4) is 0 Å². The van der Waals surface area contributed by atoms with Crippen molar-refractivity contribution in [3.63, 3.8) is 0 Å². The highest BCUT2D eigenvalue weighted by Gasteiger charge is 2.17. The number of thiophene rings is 1. The largest absolute Gasteiger partial charge is 0.243 e. The Kier molecular flexibility index (Phi) is 2.82. The van der Waals surface area contributed by atoms with E-state index < -0.39 is 10.0 Å². The van der Waals surface area contributed by atoms with Crippen molar-refractivity contribution in [3.05, 3.63) is 11.4 Å². The molecule has 68 valence electrons. The van der Waals surface area contributed by atoms with Crippen LogP contribution in [-0.4, -0.2) is 26.8 Å². The Bertz CT molecular complexity index is 366. The van der Waals surface area contributed by atoms with Crippen LogP contribution in [0.15, 0.2) is 20.6 Å². The molecule has 0 aromatic carbocycles. The monoisotopic (exact) mass is 223 g/mol. The molecule has 0 fully saturated rings. The van der Waals surface area contributed by atoms with Crippen molar-refractivity contribution < 1.29 is 8.42 Å². The van der Waals surface area contributed by atoms with Gasteiger partial charge in [0.1, 0.15) is 0 Å². The van der Waals surface area contributed by atoms with Crippen LogP contribution in [-0.2, 0) is 10.0 Å². The second-order valence-electron chi connectivity index (χ2n) is 2.41. The molecule has 1 rings (SSSR count). The number of thiol groups is 1. The van der Waals surface area contributed by atoms with Crippen LogP contribution >= 0.6 is 24.0 Å². The van der Waals surface area contributed by atoms with E-state index in [1.807, 2.05) is 0 Å². The van der Waals surface area contributed by atoms with Gasteiger partial charge in [0, 0.05) is 19.5 Å². The quantitative estimate of drug-likeness (QED) is 0.767. The van der Waals surface area contributed by atoms with E-state index in [2.05, 4.69) is 12.6 Å². The van der Waals surface area contributed by atoms with E-state index in [4.69, 9.17) is 0 Å². The Morgan fingerprint density at radius 3 is 2.42 bits per heavy atom. The number of hydrogen-bond acceptors (Lipinski definition) is 4. The third kappa shape index (κ3) is 1.82. The summed E-state index contributed by atoms with van der Waals surface area (Å²) < 4.78 is 24.8. The van der Waals surface area contributed by atoms with Crippen molar-refractivity contribution in [1.82, 2.24) is 4.31 Å². The zero-order chi connectivity index (χ0) is 9.35. The lowest BCUT2D eigenvalue weighted by Crippen LogP contribution is -2.21. The van der Waals surface area contributed by atoms with Crippen LogP contribution in [0, 0.1) is 0 Å². The van der Waals surface area contributed by atoms with Gasteiger partial charge in [-0.2, -0.15) is 0 Å². The highest BCUT2D eigenvalue weighted by Crippen LogP contribution is 2.23. The van der Waals surface area contributed by atoms with E-state index in [0.29, 0.717) is 9.10 Å². The lowest BCUT2D eigenvalue weighted by molar-refractivity contribution is 0.521. The van der Waals surface area contributed by atoms with Crippen LogP contribution in [0.4, 0.5) is 0 Å². The van der Waals surface area contributed by atoms with Crippen LogP contribution in [0.1, 0.15) is 0 Å². The molecule has 0 radical (unpaired) electrons. The fourth-order valence-corrected chi connectivity index (χ4v) is 2.93. The number of nitrogens with zero attached hydrogens (tertiary/aromatic N) is 1. The highest BCUT2D eigenvalue weighted by molar-refractivity contribution is 7.89. The van der Waals surface area contributed by atoms with Crippen LogP contribution in [0.2, 0.25) is 0 Å². The van der Waals surface area contributed by atoms with E-state index in [0.717, 1.165) is 0 Å². The van der Waals surface area contributed by atoms with Crippen molar-refractivity contribution >= 4 is 34.0 Å². The normalized spacial score (nSPS) is 12.3. The van der Waals surface area contributed by atoms with Crippen LogP contribution < -0.4 is 0 Å². The first-order chi connectivity index (χ1) is 5.44. The number of sulfonamides is 1. The Balaban J connectivity index is 3.15. The highest BCUT2D eigenvalue weighted by atomic mass is 32.2. The molecular weight excluding hydrogens is 214 g/mol. The van der Waals surface area contributed by atoms with E-state index in [-0.39, 0.29) is 0 Å². The van der Waals surface area contributed by atoms with Gasteiger partial charge in [-0.25, -0.2) is 12.7 Å². The Labute approximate surface area is 81.5 Å². The van der Waals surface area contributed by atoms with Gasteiger partial charge < -0.3 is 0 Å². The standard InChI is InChI=1S/C6H9NO2S3/c1-7(2)12(8,9)5-3-6(10)11-4-5/h3-4,10H,1-2H3. The topological polar surface area (TPSA) is 37.4 Å². The molecule has 0 spiro atoms. The predicted octanol–water partition coefficient (Wildman–Crippen LogP) is 1.29. The second-order valence-corrected chi connectivity index (χ2v) is 6.26. The molecule has 0 aliphatic carbocycles. The summed E-state index contributed by atoms with van der Waals surface area (Å²) in [4.78, 5) is 0.308. The fraction of sp³-hybridized carbons (Fsp3) is 0.333. The third-order valence-corrected chi connectivity index (χ3v) is 4.46. The zero-order valence-electron chi connectivity index (χ0n) is 6.68. The lowest BCUT2D eigenvalue weighted by Gasteiger charge is -2.08. The van der Waals surface area contributed by atoms with Crippen LogP contribution in [0.3, 0.4) is 0 Å². The molecular formula is C6H9NO2S3. The molecule has 3 nitrogen and oxygen atoms in total. The Hall–Kier alpha value is -0.0400. The summed E-state index contributed by atoms with van der Waals surface area (Å²) in [7, 11) is -0.251. The molecule has 0 bridgehead atoms. The van der Waals surface area contributed by atoms with Gasteiger partial charge in [-0.1, -0.05) is 0 Å². The van der Waals surface area contributed by atoms with Gasteiger partial charge in [-0.15, -0.1) is 24.0 Å². The van der Waals surface area contributed by atoms with Crippen LogP contribution in [0.25, 0.3) is 0 Å². The lowest BCUT2D eigenvalue weighted by atomic mass is 10.7. The summed E-state index contributed by atoms with van der Waals surface area (Å²) >= 11 is 5.35. The van der Waals surface area contributed by atoms with Gasteiger partial charge in [0.25, 0.3) is 0 Å². The van der Waals surface area contributed by atoms with Crippen molar-refractivity contribution in [1.29, 1.82) is 0 Å². The van der Waals surface area contributed by atoms with E-state index >= 15 is 0 Å². The SMILES string of the molecule is CN(C)S(=O)(=O)c1csc(S)c1. The first-order valence-corrected chi connectivity index (χ1v) is 5.91. The molecule has 0 saturated carbocycles. The first kappa shape index (κ1) is 10.0. The molecule has 0 aliphatic rings. The van der Waals surface area contributed by atoms with Gasteiger partial charge in [-0.3, -0.25) is 0 Å². The molecule has 0 atom stereocenters. The Morgan fingerprint density at radius 1 is 1.50 bits per heavy atom. The maximum absolute atomic E-state index is 11.4. The van der Waals surface area contributed by atoms with Crippen LogP contribution in [0.5, 0.6) is 0 Å². The minimum absolute atomic E-state index is 0.308. The van der Waals surface area contributed by atoms with Gasteiger partial charge >= 0.3 is 0 Å². The minimum Gasteiger partial charge on any atom is -0.207 e. The smallest absolute Gasteiger partial charge is 0.207 e. The molecule has 0 saturated heterocycles. The van der Waals surface area contributed by atoms with Gasteiger partial charge in [0.15, 0.2) is 0 Å². The molecule has 0 amide bonds. The van der Waals surface area contributed by atoms with E-state index in [1.165, 1.54) is 29.7 Å². The third-order valence-electron chi connectivity index (χ3n) is 1.34. The van der Waals surface area contributed by atoms with E-state index in [9.17, 15) is 8.42 Å². The molecule has 0 unspecified atom stereocenters. The van der Waals surface area contributed by atoms with Crippen molar-refractivity contribution in [2.45, 2.75) is 9.10 Å². The second kappa shape index (κ2) is 3.37. The zero-order valence-corrected chi connectivity index (χ0v) is 9.21. The maximum Gasteiger partial charge on any atom is 0.243 e. The molecule has 1 aromatic heterocycles. The molecule has 12 heavy (non-hydrogen) atoms. The summed E-state index contributed by atoms with van der Waals surface area (Å²) in [5.74, 6) is 0. The average Bonchev–Trinajstić information content (AvgIpc) is 2.35. The summed E-state index contributed by atoms with van der Waals surface area (Å²) in [5, 5.41) is 1.58. The van der Waals surface area contributed by atoms with Crippen molar-refractivity contribution in [2.75, 3.05) is 14.1 Å². The molecule has 0 N–H and O–H groups in total. The average molecular weight is 223 g/mol. The van der Waals surface area contributed by atoms with Gasteiger partial charge in [0.2, 0.25) is 10.0 Å². The molecule has 6 heteroatoms. The summed E-state index contributed by atoms with van der Waals surface area (Å²) in [6.07, 6.45) is 0. The summed E-state index contributed by atoms with van der Waals surface area (Å²) in [6.45, 7) is 0. The fourth-order valence-electron chi connectivity index (χ4n) is 0.654. The minimum atomic E-state index is -3.26. The van der Waals surface area contributed by atoms with E-state index in [1.54, 1.807) is 11.4 Å². The predicted molar refractivity (Wildman–Crippen MR) is 52.4 cm³/mol. The Morgan fingerprint density at radius 2 is 2.08 bits per heavy atom. The van der Waals surface area contributed by atoms with Gasteiger partial charge in [0.05, 0.1) is 9.10 Å². The maximum atomic E-state index is 11.4. The van der Waals surface area contributed by atoms with Crippen molar-refractivity contribution in [2.24, 2.45) is 0 Å².